The van der Waals surface area contributed by atoms with E-state index in [-0.39, 0.29) is 5.91 Å². The number of aryl methyl sites for hydroxylation is 2. The largest absolute Gasteiger partial charge is 0.474 e. The van der Waals surface area contributed by atoms with E-state index < -0.39 is 0 Å². The van der Waals surface area contributed by atoms with Gasteiger partial charge in [-0.05, 0) is 50.5 Å². The summed E-state index contributed by atoms with van der Waals surface area (Å²) in [7, 11) is 1.64. The number of H-pyrrole nitrogens is 1. The fourth-order valence-corrected chi connectivity index (χ4v) is 3.76. The molecule has 1 amide bonds. The first kappa shape index (κ1) is 21.8. The van der Waals surface area contributed by atoms with Gasteiger partial charge in [-0.25, -0.2) is 0 Å². The lowest BCUT2D eigenvalue weighted by atomic mass is 9.90. The lowest BCUT2D eigenvalue weighted by molar-refractivity contribution is 0.0558. The van der Waals surface area contributed by atoms with Crippen molar-refractivity contribution < 1.29 is 14.3 Å². The van der Waals surface area contributed by atoms with Crippen LogP contribution in [0.4, 0.5) is 0 Å². The molecule has 1 aliphatic rings. The topological polar surface area (TPSA) is 67.5 Å². The van der Waals surface area contributed by atoms with Crippen molar-refractivity contribution in [2.24, 2.45) is 5.92 Å². The van der Waals surface area contributed by atoms with Crippen LogP contribution in [0, 0.1) is 26.7 Å². The average Bonchev–Trinajstić information content (AvgIpc) is 3.01. The minimum absolute atomic E-state index is 0.0621. The Morgan fingerprint density at radius 1 is 1.27 bits per heavy atom. The Morgan fingerprint density at radius 3 is 2.67 bits per heavy atom. The molecule has 0 aliphatic carbocycles. The van der Waals surface area contributed by atoms with Gasteiger partial charge in [0.05, 0.1) is 12.3 Å². The highest BCUT2D eigenvalue weighted by molar-refractivity contribution is 5.97. The van der Waals surface area contributed by atoms with Crippen LogP contribution in [0.3, 0.4) is 0 Å². The molecular formula is C24H31N3O3. The van der Waals surface area contributed by atoms with E-state index >= 15 is 0 Å². The summed E-state index contributed by atoms with van der Waals surface area (Å²) in [5.41, 5.74) is 6.62. The number of carbonyl (C=O) groups excluding carboxylic acids is 1. The zero-order chi connectivity index (χ0) is 21.8. The number of benzene rings is 1. The smallest absolute Gasteiger partial charge is 0.254 e. The van der Waals surface area contributed by atoms with Crippen molar-refractivity contribution in [1.82, 2.24) is 15.1 Å². The number of ether oxygens (including phenoxy) is 2. The number of nitrogens with one attached hydrogen (secondary N) is 1. The molecule has 1 aromatic heterocycles. The second-order valence-corrected chi connectivity index (χ2v) is 7.83. The van der Waals surface area contributed by atoms with E-state index in [2.05, 4.69) is 22.8 Å². The summed E-state index contributed by atoms with van der Waals surface area (Å²) in [6.07, 6.45) is 4.01. The van der Waals surface area contributed by atoms with Crippen LogP contribution in [-0.4, -0.2) is 54.4 Å². The van der Waals surface area contributed by atoms with Crippen LogP contribution in [-0.2, 0) is 4.74 Å². The molecule has 160 valence electrons. The molecule has 0 saturated carbocycles. The fraction of sp³-hybridized carbons (Fsp3) is 0.417. The summed E-state index contributed by atoms with van der Waals surface area (Å²) < 4.78 is 10.7. The Hall–Kier alpha value is -2.86. The van der Waals surface area contributed by atoms with E-state index in [1.165, 1.54) is 0 Å². The molecule has 30 heavy (non-hydrogen) atoms. The molecule has 0 spiro atoms. The summed E-state index contributed by atoms with van der Waals surface area (Å²) >= 11 is 0. The fourth-order valence-electron chi connectivity index (χ4n) is 3.76. The van der Waals surface area contributed by atoms with E-state index in [9.17, 15) is 4.79 Å². The van der Waals surface area contributed by atoms with Crippen molar-refractivity contribution >= 4 is 5.91 Å². The van der Waals surface area contributed by atoms with Crippen LogP contribution in [0.2, 0.25) is 0 Å². The predicted molar refractivity (Wildman–Crippen MR) is 119 cm³/mol. The second-order valence-electron chi connectivity index (χ2n) is 7.83. The molecule has 0 unspecified atom stereocenters. The number of likely N-dealkylation sites (tertiary alicyclic amines) is 1. The standard InChI is InChI=1S/C24H31N3O3/c1-7-8-15(2)19-13-27(14-19)24(28)21-12-20(16(3)11-17(21)4)22-18(5)23(26-25-22)30-10-9-29-6/h7-8,11-12,19H,2,9-10,13-14H2,1,3-6H3,(H,25,26)/b8-7-. The number of allylic oxidation sites excluding steroid dienone is 2. The summed E-state index contributed by atoms with van der Waals surface area (Å²) in [6.45, 7) is 14.4. The van der Waals surface area contributed by atoms with Crippen LogP contribution in [0.5, 0.6) is 5.88 Å². The highest BCUT2D eigenvalue weighted by Crippen LogP contribution is 2.33. The molecular weight excluding hydrogens is 378 g/mol. The molecule has 1 aromatic carbocycles. The molecule has 2 aromatic rings. The number of hydrogen-bond donors (Lipinski definition) is 1. The van der Waals surface area contributed by atoms with Gasteiger partial charge in [0.25, 0.3) is 5.91 Å². The van der Waals surface area contributed by atoms with Gasteiger partial charge in [-0.15, -0.1) is 5.10 Å². The number of amides is 1. The number of hydrogen-bond acceptors (Lipinski definition) is 4. The number of aromatic amines is 1. The zero-order valence-corrected chi connectivity index (χ0v) is 18.5. The predicted octanol–water partition coefficient (Wildman–Crippen LogP) is 4.23. The molecule has 1 N–H and O–H groups in total. The Kier molecular flexibility index (Phi) is 6.77. The number of rotatable bonds is 8. The molecule has 0 bridgehead atoms. The minimum Gasteiger partial charge on any atom is -0.474 e. The van der Waals surface area contributed by atoms with E-state index in [0.717, 1.165) is 39.1 Å². The lowest BCUT2D eigenvalue weighted by Gasteiger charge is -2.40. The third kappa shape index (κ3) is 4.33. The van der Waals surface area contributed by atoms with Gasteiger partial charge in [0.15, 0.2) is 0 Å². The molecule has 6 heteroatoms. The van der Waals surface area contributed by atoms with Crippen molar-refractivity contribution in [3.05, 3.63) is 58.7 Å². The summed E-state index contributed by atoms with van der Waals surface area (Å²) in [6, 6.07) is 4.03. The van der Waals surface area contributed by atoms with Gasteiger partial charge < -0.3 is 14.4 Å². The highest BCUT2D eigenvalue weighted by Gasteiger charge is 2.33. The highest BCUT2D eigenvalue weighted by atomic mass is 16.5. The van der Waals surface area contributed by atoms with Gasteiger partial charge >= 0.3 is 0 Å². The second kappa shape index (κ2) is 9.30. The van der Waals surface area contributed by atoms with Crippen molar-refractivity contribution in [2.45, 2.75) is 27.7 Å². The van der Waals surface area contributed by atoms with Crippen molar-refractivity contribution in [3.63, 3.8) is 0 Å². The maximum Gasteiger partial charge on any atom is 0.254 e. The zero-order valence-electron chi connectivity index (χ0n) is 18.5. The summed E-state index contributed by atoms with van der Waals surface area (Å²) in [4.78, 5) is 15.0. The van der Waals surface area contributed by atoms with Gasteiger partial charge in [0.1, 0.15) is 6.61 Å². The van der Waals surface area contributed by atoms with Crippen LogP contribution in [0.15, 0.2) is 36.4 Å². The molecule has 1 fully saturated rings. The van der Waals surface area contributed by atoms with Crippen LogP contribution in [0.1, 0.15) is 34.0 Å². The van der Waals surface area contributed by atoms with E-state index in [4.69, 9.17) is 9.47 Å². The van der Waals surface area contributed by atoms with Crippen molar-refractivity contribution in [1.29, 1.82) is 0 Å². The van der Waals surface area contributed by atoms with Gasteiger partial charge in [-0.2, -0.15) is 0 Å². The van der Waals surface area contributed by atoms with E-state index in [1.807, 2.05) is 50.8 Å². The number of aromatic nitrogens is 2. The average molecular weight is 410 g/mol. The maximum atomic E-state index is 13.1. The number of carbonyl (C=O) groups is 1. The first-order chi connectivity index (χ1) is 14.4. The SMILES string of the molecule is C=C(/C=C\C)C1CN(C(=O)c2cc(-c3[nH]nc(OCCOC)c3C)c(C)cc2C)C1. The van der Waals surface area contributed by atoms with Crippen LogP contribution < -0.4 is 4.74 Å². The molecule has 0 radical (unpaired) electrons. The van der Waals surface area contributed by atoms with Crippen molar-refractivity contribution in [2.75, 3.05) is 33.4 Å². The monoisotopic (exact) mass is 409 g/mol. The normalized spacial score (nSPS) is 14.2. The van der Waals surface area contributed by atoms with Crippen LogP contribution in [0.25, 0.3) is 11.3 Å². The Morgan fingerprint density at radius 2 is 2.00 bits per heavy atom. The Bertz CT molecular complexity index is 968. The van der Waals surface area contributed by atoms with E-state index in [1.54, 1.807) is 7.11 Å². The Labute approximate surface area is 178 Å². The summed E-state index contributed by atoms with van der Waals surface area (Å²) in [5, 5.41) is 7.37. The summed E-state index contributed by atoms with van der Waals surface area (Å²) in [5.74, 6) is 0.965. The van der Waals surface area contributed by atoms with Crippen molar-refractivity contribution in [3.8, 4) is 17.1 Å². The minimum atomic E-state index is 0.0621. The molecule has 2 heterocycles. The van der Waals surface area contributed by atoms with Gasteiger partial charge in [0.2, 0.25) is 5.88 Å². The molecule has 0 atom stereocenters. The molecule has 3 rings (SSSR count). The quantitative estimate of drug-likeness (QED) is 0.523. The van der Waals surface area contributed by atoms with Gasteiger partial charge in [-0.1, -0.05) is 24.8 Å². The van der Waals surface area contributed by atoms with Gasteiger partial charge in [0, 0.05) is 42.8 Å². The molecule has 1 saturated heterocycles. The maximum absolute atomic E-state index is 13.1. The molecule has 6 nitrogen and oxygen atoms in total. The first-order valence-electron chi connectivity index (χ1n) is 10.3. The number of methoxy groups -OCH3 is 1. The Balaban J connectivity index is 1.82. The van der Waals surface area contributed by atoms with E-state index in [0.29, 0.717) is 38.1 Å². The lowest BCUT2D eigenvalue weighted by Crippen LogP contribution is -2.50. The van der Waals surface area contributed by atoms with Crippen LogP contribution >= 0.6 is 0 Å². The third-order valence-corrected chi connectivity index (χ3v) is 5.64. The number of nitrogens with zero attached hydrogens (tertiary/aromatic N) is 2. The third-order valence-electron chi connectivity index (χ3n) is 5.64. The van der Waals surface area contributed by atoms with Gasteiger partial charge in [-0.3, -0.25) is 9.89 Å². The first-order valence-corrected chi connectivity index (χ1v) is 10.3. The molecule has 1 aliphatic heterocycles.